The largest absolute Gasteiger partial charge is 0.497 e. The molecule has 2 rings (SSSR count). The van der Waals surface area contributed by atoms with E-state index in [0.29, 0.717) is 19.3 Å². The monoisotopic (exact) mass is 507 g/mol. The lowest BCUT2D eigenvalue weighted by molar-refractivity contribution is 0.0168. The van der Waals surface area contributed by atoms with Gasteiger partial charge in [0.15, 0.2) is 5.96 Å². The summed E-state index contributed by atoms with van der Waals surface area (Å²) in [5.41, 5.74) is 0. The van der Waals surface area contributed by atoms with Crippen LogP contribution in [0.5, 0.6) is 11.5 Å². The first-order valence-corrected chi connectivity index (χ1v) is 9.72. The van der Waals surface area contributed by atoms with Crippen LogP contribution in [-0.2, 0) is 9.47 Å². The fraction of sp³-hybridized carbons (Fsp3) is 0.650. The zero-order valence-corrected chi connectivity index (χ0v) is 19.3. The maximum Gasteiger partial charge on any atom is 0.190 e. The lowest BCUT2D eigenvalue weighted by Gasteiger charge is -2.13. The highest BCUT2D eigenvalue weighted by Gasteiger charge is 2.14. The number of methoxy groups -OCH3 is 1. The second kappa shape index (κ2) is 15.6. The Bertz CT molecular complexity index is 554. The third-order valence-electron chi connectivity index (χ3n) is 4.23. The van der Waals surface area contributed by atoms with Crippen molar-refractivity contribution in [2.75, 3.05) is 53.7 Å². The summed E-state index contributed by atoms with van der Waals surface area (Å²) in [4.78, 5) is 4.22. The van der Waals surface area contributed by atoms with E-state index in [1.54, 1.807) is 14.2 Å². The molecule has 1 aliphatic rings. The number of rotatable bonds is 12. The Morgan fingerprint density at radius 2 is 1.93 bits per heavy atom. The minimum absolute atomic E-state index is 0. The van der Waals surface area contributed by atoms with Gasteiger partial charge in [0, 0.05) is 39.4 Å². The van der Waals surface area contributed by atoms with Gasteiger partial charge in [0.05, 0.1) is 26.4 Å². The van der Waals surface area contributed by atoms with Gasteiger partial charge in [-0.2, -0.15) is 0 Å². The van der Waals surface area contributed by atoms with Gasteiger partial charge in [-0.15, -0.1) is 24.0 Å². The van der Waals surface area contributed by atoms with Crippen molar-refractivity contribution in [3.05, 3.63) is 24.3 Å². The van der Waals surface area contributed by atoms with E-state index in [2.05, 4.69) is 15.6 Å². The van der Waals surface area contributed by atoms with Crippen molar-refractivity contribution < 1.29 is 18.9 Å². The van der Waals surface area contributed by atoms with E-state index in [1.165, 1.54) is 0 Å². The number of nitrogens with one attached hydrogen (secondary N) is 2. The predicted octanol–water partition coefficient (Wildman–Crippen LogP) is 2.83. The van der Waals surface area contributed by atoms with Crippen molar-refractivity contribution in [2.45, 2.75) is 31.8 Å². The number of halogens is 1. The van der Waals surface area contributed by atoms with E-state index in [-0.39, 0.29) is 24.0 Å². The molecule has 28 heavy (non-hydrogen) atoms. The molecule has 1 unspecified atom stereocenters. The van der Waals surface area contributed by atoms with Crippen LogP contribution in [0, 0.1) is 0 Å². The summed E-state index contributed by atoms with van der Waals surface area (Å²) in [7, 11) is 3.42. The van der Waals surface area contributed by atoms with Crippen molar-refractivity contribution in [3.8, 4) is 11.5 Å². The molecule has 160 valence electrons. The van der Waals surface area contributed by atoms with Crippen LogP contribution in [0.3, 0.4) is 0 Å². The maximum atomic E-state index is 5.72. The van der Waals surface area contributed by atoms with Crippen LogP contribution in [-0.4, -0.2) is 65.7 Å². The van der Waals surface area contributed by atoms with Crippen molar-refractivity contribution in [2.24, 2.45) is 4.99 Å². The molecule has 8 heteroatoms. The normalized spacial score (nSPS) is 16.4. The SMILES string of the molecule is CN=C(NCCCOCC1CCCO1)NCCCOc1cccc(OC)c1.I. The molecule has 7 nitrogen and oxygen atoms in total. The molecule has 0 aromatic heterocycles. The molecule has 1 atom stereocenters. The molecular weight excluding hydrogens is 473 g/mol. The summed E-state index contributed by atoms with van der Waals surface area (Å²) in [5, 5.41) is 6.58. The van der Waals surface area contributed by atoms with E-state index in [9.17, 15) is 0 Å². The molecule has 2 N–H and O–H groups in total. The number of benzene rings is 1. The molecule has 0 saturated carbocycles. The minimum Gasteiger partial charge on any atom is -0.497 e. The average Bonchev–Trinajstić information content (AvgIpc) is 3.22. The summed E-state index contributed by atoms with van der Waals surface area (Å²) in [6, 6.07) is 7.63. The standard InChI is InChI=1S/C20H33N3O4.HI/c1-21-20(22-10-5-12-25-16-19-9-4-13-27-19)23-11-6-14-26-18-8-3-7-17(15-18)24-2;/h3,7-8,15,19H,4-6,9-14,16H2,1-2H3,(H2,21,22,23);1H. The molecule has 1 heterocycles. The van der Waals surface area contributed by atoms with Gasteiger partial charge in [0.1, 0.15) is 11.5 Å². The van der Waals surface area contributed by atoms with E-state index in [4.69, 9.17) is 18.9 Å². The van der Waals surface area contributed by atoms with Crippen molar-refractivity contribution in [1.29, 1.82) is 0 Å². The molecule has 1 aliphatic heterocycles. The smallest absolute Gasteiger partial charge is 0.190 e. The Hall–Kier alpha value is -1.26. The number of ether oxygens (including phenoxy) is 4. The van der Waals surface area contributed by atoms with Crippen LogP contribution in [0.1, 0.15) is 25.7 Å². The number of guanidine groups is 1. The Morgan fingerprint density at radius 3 is 2.61 bits per heavy atom. The van der Waals surface area contributed by atoms with Crippen molar-refractivity contribution >= 4 is 29.9 Å². The van der Waals surface area contributed by atoms with Crippen LogP contribution in [0.2, 0.25) is 0 Å². The van der Waals surface area contributed by atoms with Gasteiger partial charge >= 0.3 is 0 Å². The van der Waals surface area contributed by atoms with E-state index in [0.717, 1.165) is 69.4 Å². The number of hydrogen-bond acceptors (Lipinski definition) is 5. The highest BCUT2D eigenvalue weighted by Crippen LogP contribution is 2.18. The first kappa shape index (κ1) is 24.8. The molecule has 0 amide bonds. The molecule has 0 bridgehead atoms. The lowest BCUT2D eigenvalue weighted by atomic mass is 10.2. The van der Waals surface area contributed by atoms with Gasteiger partial charge in [-0.1, -0.05) is 6.07 Å². The number of hydrogen-bond donors (Lipinski definition) is 2. The minimum atomic E-state index is 0. The molecule has 0 radical (unpaired) electrons. The first-order valence-electron chi connectivity index (χ1n) is 9.72. The topological polar surface area (TPSA) is 73.3 Å². The molecule has 1 fully saturated rings. The summed E-state index contributed by atoms with van der Waals surface area (Å²) >= 11 is 0. The third-order valence-corrected chi connectivity index (χ3v) is 4.23. The number of aliphatic imine (C=N–C) groups is 1. The summed E-state index contributed by atoms with van der Waals surface area (Å²) < 4.78 is 22.1. The summed E-state index contributed by atoms with van der Waals surface area (Å²) in [6.07, 6.45) is 4.39. The number of nitrogens with zero attached hydrogens (tertiary/aromatic N) is 1. The predicted molar refractivity (Wildman–Crippen MR) is 122 cm³/mol. The van der Waals surface area contributed by atoms with Gasteiger partial charge in [-0.05, 0) is 37.8 Å². The Kier molecular flexibility index (Phi) is 13.8. The Morgan fingerprint density at radius 1 is 1.18 bits per heavy atom. The van der Waals surface area contributed by atoms with Crippen molar-refractivity contribution in [3.63, 3.8) is 0 Å². The zero-order chi connectivity index (χ0) is 19.2. The van der Waals surface area contributed by atoms with E-state index in [1.807, 2.05) is 24.3 Å². The summed E-state index contributed by atoms with van der Waals surface area (Å²) in [5.74, 6) is 2.42. The lowest BCUT2D eigenvalue weighted by Crippen LogP contribution is -2.38. The van der Waals surface area contributed by atoms with Gasteiger partial charge < -0.3 is 29.6 Å². The fourth-order valence-electron chi connectivity index (χ4n) is 2.75. The quantitative estimate of drug-likeness (QED) is 0.196. The zero-order valence-electron chi connectivity index (χ0n) is 16.9. The van der Waals surface area contributed by atoms with Gasteiger partial charge in [-0.25, -0.2) is 0 Å². The second-order valence-corrected chi connectivity index (χ2v) is 6.37. The molecule has 1 aromatic rings. The molecule has 1 aromatic carbocycles. The van der Waals surface area contributed by atoms with Crippen LogP contribution in [0.25, 0.3) is 0 Å². The van der Waals surface area contributed by atoms with Gasteiger partial charge in [0.2, 0.25) is 0 Å². The van der Waals surface area contributed by atoms with Crippen LogP contribution in [0.15, 0.2) is 29.3 Å². The van der Waals surface area contributed by atoms with E-state index >= 15 is 0 Å². The van der Waals surface area contributed by atoms with Crippen LogP contribution < -0.4 is 20.1 Å². The Labute approximate surface area is 185 Å². The molecule has 0 spiro atoms. The summed E-state index contributed by atoms with van der Waals surface area (Å²) in [6.45, 7) is 4.57. The van der Waals surface area contributed by atoms with Gasteiger partial charge in [0.25, 0.3) is 0 Å². The highest BCUT2D eigenvalue weighted by atomic mass is 127. The maximum absolute atomic E-state index is 5.72. The third kappa shape index (κ3) is 10.3. The van der Waals surface area contributed by atoms with Gasteiger partial charge in [-0.3, -0.25) is 4.99 Å². The van der Waals surface area contributed by atoms with Crippen molar-refractivity contribution in [1.82, 2.24) is 10.6 Å². The molecule has 1 saturated heterocycles. The highest BCUT2D eigenvalue weighted by molar-refractivity contribution is 14.0. The molecule has 0 aliphatic carbocycles. The van der Waals surface area contributed by atoms with Crippen LogP contribution >= 0.6 is 24.0 Å². The molecular formula is C20H34IN3O4. The fourth-order valence-corrected chi connectivity index (χ4v) is 2.75. The van der Waals surface area contributed by atoms with E-state index < -0.39 is 0 Å². The Balaban J connectivity index is 0.00000392. The van der Waals surface area contributed by atoms with Crippen LogP contribution in [0.4, 0.5) is 0 Å². The first-order chi connectivity index (χ1) is 13.3. The average molecular weight is 507 g/mol. The second-order valence-electron chi connectivity index (χ2n) is 6.37.